The molecule has 2 heterocycles. The number of aliphatic hydroxyl groups is 1. The first-order valence-electron chi connectivity index (χ1n) is 10.5. The Hall–Kier alpha value is -1.63. The molecule has 2 aliphatic heterocycles. The Labute approximate surface area is 181 Å². The van der Waals surface area contributed by atoms with Crippen molar-refractivity contribution in [3.63, 3.8) is 0 Å². The van der Waals surface area contributed by atoms with Crippen molar-refractivity contribution in [3.8, 4) is 0 Å². The van der Waals surface area contributed by atoms with E-state index in [1.54, 1.807) is 0 Å². The summed E-state index contributed by atoms with van der Waals surface area (Å²) in [6, 6.07) is 3.96. The van der Waals surface area contributed by atoms with E-state index in [-0.39, 0.29) is 23.5 Å². The van der Waals surface area contributed by atoms with Gasteiger partial charge in [-0.25, -0.2) is 17.5 Å². The molecule has 1 amide bonds. The molecule has 0 unspecified atom stereocenters. The zero-order valence-corrected chi connectivity index (χ0v) is 18.2. The van der Waals surface area contributed by atoms with Crippen LogP contribution in [0.5, 0.6) is 0 Å². The van der Waals surface area contributed by atoms with Crippen LogP contribution in [-0.2, 0) is 24.3 Å². The SMILES string of the molecule is O=C(CN1CCOCC1)NCC[C@@H]1CC[C@H](NS(=O)(=O)c2ccc(F)cc2)[C@@H](CO)O1. The molecule has 2 fully saturated rings. The van der Waals surface area contributed by atoms with Crippen LogP contribution in [-0.4, -0.2) is 88.6 Å². The first kappa shape index (κ1) is 24.0. The maximum Gasteiger partial charge on any atom is 0.240 e. The summed E-state index contributed by atoms with van der Waals surface area (Å²) in [5.41, 5.74) is 0. The molecule has 0 aromatic heterocycles. The largest absolute Gasteiger partial charge is 0.394 e. The molecule has 0 bridgehead atoms. The summed E-state index contributed by atoms with van der Waals surface area (Å²) in [5.74, 6) is -0.575. The summed E-state index contributed by atoms with van der Waals surface area (Å²) in [6.07, 6.45) is 0.762. The number of benzene rings is 1. The van der Waals surface area contributed by atoms with Crippen LogP contribution in [0.1, 0.15) is 19.3 Å². The lowest BCUT2D eigenvalue weighted by atomic mass is 9.98. The molecule has 3 N–H and O–H groups in total. The fourth-order valence-electron chi connectivity index (χ4n) is 3.75. The van der Waals surface area contributed by atoms with Gasteiger partial charge in [-0.1, -0.05) is 0 Å². The highest BCUT2D eigenvalue weighted by Crippen LogP contribution is 2.23. The van der Waals surface area contributed by atoms with Crippen LogP contribution in [0.2, 0.25) is 0 Å². The van der Waals surface area contributed by atoms with Crippen molar-refractivity contribution in [3.05, 3.63) is 30.1 Å². The number of rotatable bonds is 9. The van der Waals surface area contributed by atoms with Crippen LogP contribution >= 0.6 is 0 Å². The lowest BCUT2D eigenvalue weighted by Gasteiger charge is -2.36. The van der Waals surface area contributed by atoms with E-state index in [4.69, 9.17) is 9.47 Å². The highest BCUT2D eigenvalue weighted by atomic mass is 32.2. The van der Waals surface area contributed by atoms with Gasteiger partial charge in [0.05, 0.1) is 49.5 Å². The van der Waals surface area contributed by atoms with Gasteiger partial charge < -0.3 is 19.9 Å². The molecule has 174 valence electrons. The van der Waals surface area contributed by atoms with Crippen molar-refractivity contribution in [2.75, 3.05) is 46.0 Å². The van der Waals surface area contributed by atoms with E-state index in [0.717, 1.165) is 25.2 Å². The monoisotopic (exact) mass is 459 g/mol. The smallest absolute Gasteiger partial charge is 0.240 e. The van der Waals surface area contributed by atoms with Crippen LogP contribution in [0.4, 0.5) is 4.39 Å². The number of hydrogen-bond donors (Lipinski definition) is 3. The van der Waals surface area contributed by atoms with E-state index in [1.807, 2.05) is 4.90 Å². The van der Waals surface area contributed by atoms with Crippen LogP contribution in [0.25, 0.3) is 0 Å². The summed E-state index contributed by atoms with van der Waals surface area (Å²) in [7, 11) is -3.86. The van der Waals surface area contributed by atoms with Gasteiger partial charge in [-0.3, -0.25) is 9.69 Å². The predicted molar refractivity (Wildman–Crippen MR) is 110 cm³/mol. The second-order valence-corrected chi connectivity index (χ2v) is 9.48. The van der Waals surface area contributed by atoms with Crippen LogP contribution < -0.4 is 10.0 Å². The van der Waals surface area contributed by atoms with E-state index in [1.165, 1.54) is 12.1 Å². The number of halogens is 1. The predicted octanol–water partition coefficient (Wildman–Crippen LogP) is -0.149. The summed E-state index contributed by atoms with van der Waals surface area (Å²) < 4.78 is 51.8. The number of nitrogens with one attached hydrogen (secondary N) is 2. The third-order valence-corrected chi connectivity index (χ3v) is 6.99. The van der Waals surface area contributed by atoms with E-state index in [0.29, 0.717) is 45.6 Å². The molecule has 3 rings (SSSR count). The Balaban J connectivity index is 1.43. The van der Waals surface area contributed by atoms with Crippen molar-refractivity contribution in [2.24, 2.45) is 0 Å². The van der Waals surface area contributed by atoms with Crippen LogP contribution in [0.15, 0.2) is 29.2 Å². The topological polar surface area (TPSA) is 117 Å². The molecular weight excluding hydrogens is 429 g/mol. The molecule has 31 heavy (non-hydrogen) atoms. The minimum absolute atomic E-state index is 0.0457. The summed E-state index contributed by atoms with van der Waals surface area (Å²) in [4.78, 5) is 14.1. The number of aliphatic hydroxyl groups excluding tert-OH is 1. The number of carbonyl (C=O) groups is 1. The molecule has 2 aliphatic rings. The molecule has 3 atom stereocenters. The van der Waals surface area contributed by atoms with E-state index in [2.05, 4.69) is 10.0 Å². The standard InChI is InChI=1S/C20H30FN3O6S/c21-15-1-4-17(5-2-15)31(27,28)23-18-6-3-16(30-19(18)14-25)7-8-22-20(26)13-24-9-11-29-12-10-24/h1-2,4-5,16,18-19,23,25H,3,6-14H2,(H,22,26)/t16-,18-,19+/m0/s1. The number of carbonyl (C=O) groups excluding carboxylic acids is 1. The lowest BCUT2D eigenvalue weighted by Crippen LogP contribution is -2.51. The minimum atomic E-state index is -3.86. The van der Waals surface area contributed by atoms with E-state index >= 15 is 0 Å². The minimum Gasteiger partial charge on any atom is -0.394 e. The number of morpholine rings is 1. The van der Waals surface area contributed by atoms with Gasteiger partial charge in [-0.15, -0.1) is 0 Å². The highest BCUT2D eigenvalue weighted by Gasteiger charge is 2.33. The van der Waals surface area contributed by atoms with Crippen molar-refractivity contribution in [1.82, 2.24) is 14.9 Å². The average molecular weight is 460 g/mol. The second kappa shape index (κ2) is 11.3. The highest BCUT2D eigenvalue weighted by molar-refractivity contribution is 7.89. The molecule has 0 radical (unpaired) electrons. The third kappa shape index (κ3) is 7.19. The number of sulfonamides is 1. The zero-order valence-electron chi connectivity index (χ0n) is 17.3. The number of amides is 1. The van der Waals surface area contributed by atoms with Crippen molar-refractivity contribution >= 4 is 15.9 Å². The summed E-state index contributed by atoms with van der Waals surface area (Å²) in [5, 5.41) is 12.6. The van der Waals surface area contributed by atoms with Gasteiger partial charge in [0.1, 0.15) is 5.82 Å². The van der Waals surface area contributed by atoms with Crippen molar-refractivity contribution in [2.45, 2.75) is 42.4 Å². The average Bonchev–Trinajstić information content (AvgIpc) is 2.75. The Morgan fingerprint density at radius 2 is 1.90 bits per heavy atom. The molecule has 0 aliphatic carbocycles. The molecule has 1 aromatic rings. The Morgan fingerprint density at radius 1 is 1.19 bits per heavy atom. The second-order valence-electron chi connectivity index (χ2n) is 7.77. The van der Waals surface area contributed by atoms with Gasteiger partial charge in [0.2, 0.25) is 15.9 Å². The number of nitrogens with zero attached hydrogens (tertiary/aromatic N) is 1. The Morgan fingerprint density at radius 3 is 2.58 bits per heavy atom. The van der Waals surface area contributed by atoms with Gasteiger partial charge in [-0.2, -0.15) is 0 Å². The third-order valence-electron chi connectivity index (χ3n) is 5.49. The van der Waals surface area contributed by atoms with Crippen molar-refractivity contribution in [1.29, 1.82) is 0 Å². The first-order chi connectivity index (χ1) is 14.9. The molecule has 2 saturated heterocycles. The number of hydrogen-bond acceptors (Lipinski definition) is 7. The molecule has 0 spiro atoms. The molecular formula is C20H30FN3O6S. The maximum absolute atomic E-state index is 13.1. The fraction of sp³-hybridized carbons (Fsp3) is 0.650. The Bertz CT molecular complexity index is 817. The molecule has 9 nitrogen and oxygen atoms in total. The van der Waals surface area contributed by atoms with Crippen LogP contribution in [0, 0.1) is 5.82 Å². The zero-order chi connectivity index (χ0) is 22.3. The first-order valence-corrected chi connectivity index (χ1v) is 12.0. The number of ether oxygens (including phenoxy) is 2. The summed E-state index contributed by atoms with van der Waals surface area (Å²) in [6.45, 7) is 3.20. The maximum atomic E-state index is 13.1. The van der Waals surface area contributed by atoms with Gasteiger partial charge in [0.15, 0.2) is 0 Å². The lowest BCUT2D eigenvalue weighted by molar-refractivity contribution is -0.123. The van der Waals surface area contributed by atoms with Gasteiger partial charge in [-0.05, 0) is 43.5 Å². The van der Waals surface area contributed by atoms with Gasteiger partial charge in [0.25, 0.3) is 0 Å². The molecule has 11 heteroatoms. The molecule has 1 aromatic carbocycles. The fourth-order valence-corrected chi connectivity index (χ4v) is 5.05. The Kier molecular flexibility index (Phi) is 8.76. The van der Waals surface area contributed by atoms with Crippen LogP contribution in [0.3, 0.4) is 0 Å². The van der Waals surface area contributed by atoms with Gasteiger partial charge >= 0.3 is 0 Å². The normalized spacial score (nSPS) is 25.3. The van der Waals surface area contributed by atoms with Crippen molar-refractivity contribution < 1.29 is 32.2 Å². The summed E-state index contributed by atoms with van der Waals surface area (Å²) >= 11 is 0. The quantitative estimate of drug-likeness (QED) is 0.470. The van der Waals surface area contributed by atoms with E-state index < -0.39 is 28.0 Å². The van der Waals surface area contributed by atoms with E-state index in [9.17, 15) is 22.7 Å². The van der Waals surface area contributed by atoms with Gasteiger partial charge in [0, 0.05) is 19.6 Å². The molecule has 0 saturated carbocycles.